The van der Waals surface area contributed by atoms with E-state index in [9.17, 15) is 17.6 Å². The molecule has 36 heavy (non-hydrogen) atoms. The summed E-state index contributed by atoms with van der Waals surface area (Å²) in [6.45, 7) is 4.29. The average molecular weight is 525 g/mol. The number of alkyl halides is 2. The Morgan fingerprint density at radius 3 is 2.61 bits per heavy atom. The van der Waals surface area contributed by atoms with Crippen molar-refractivity contribution in [3.8, 4) is 5.88 Å². The second-order valence-electron chi connectivity index (χ2n) is 9.80. The number of amidine groups is 1. The van der Waals surface area contributed by atoms with Crippen LogP contribution in [-0.2, 0) is 10.3 Å². The largest absolute Gasteiger partial charge is 0.476 e. The highest BCUT2D eigenvalue weighted by Gasteiger charge is 2.45. The zero-order valence-electron chi connectivity index (χ0n) is 20.2. The molecule has 2 heterocycles. The molecular formula is C25H28F4N4O2S. The van der Waals surface area contributed by atoms with Crippen LogP contribution in [0, 0.1) is 11.7 Å². The third-order valence-electron chi connectivity index (χ3n) is 6.25. The molecule has 2 N–H and O–H groups in total. The summed E-state index contributed by atoms with van der Waals surface area (Å²) >= 11 is 1.39. The Kier molecular flexibility index (Phi) is 7.34. The summed E-state index contributed by atoms with van der Waals surface area (Å²) in [5.74, 6) is -3.87. The minimum atomic E-state index is -2.62. The van der Waals surface area contributed by atoms with Gasteiger partial charge in [0.15, 0.2) is 11.0 Å². The van der Waals surface area contributed by atoms with Gasteiger partial charge in [-0.1, -0.05) is 17.8 Å². The smallest absolute Gasteiger partial charge is 0.248 e. The van der Waals surface area contributed by atoms with Gasteiger partial charge in [-0.15, -0.1) is 0 Å². The lowest BCUT2D eigenvalue weighted by molar-refractivity contribution is -0.119. The van der Waals surface area contributed by atoms with Crippen LogP contribution in [0.3, 0.4) is 0 Å². The molecule has 2 aliphatic rings. The second kappa shape index (κ2) is 10.0. The van der Waals surface area contributed by atoms with Gasteiger partial charge in [0, 0.05) is 36.2 Å². The van der Waals surface area contributed by atoms with Crippen molar-refractivity contribution in [3.63, 3.8) is 0 Å². The van der Waals surface area contributed by atoms with E-state index in [2.05, 4.69) is 15.0 Å². The zero-order valence-corrected chi connectivity index (χ0v) is 21.0. The number of ether oxygens (including phenoxy) is 2. The summed E-state index contributed by atoms with van der Waals surface area (Å²) in [7, 11) is 1.59. The molecule has 1 fully saturated rings. The van der Waals surface area contributed by atoms with E-state index in [1.807, 2.05) is 6.92 Å². The Morgan fingerprint density at radius 1 is 1.22 bits per heavy atom. The van der Waals surface area contributed by atoms with Gasteiger partial charge in [0.1, 0.15) is 11.5 Å². The molecule has 2 atom stereocenters. The molecule has 2 aromatic rings. The molecule has 1 saturated carbocycles. The number of hydrogen-bond donors (Lipinski definition) is 1. The Bertz CT molecular complexity index is 1170. The van der Waals surface area contributed by atoms with Crippen molar-refractivity contribution in [1.29, 1.82) is 0 Å². The molecule has 1 aliphatic heterocycles. The summed E-state index contributed by atoms with van der Waals surface area (Å²) in [6, 6.07) is 4.28. The van der Waals surface area contributed by atoms with Gasteiger partial charge in [-0.05, 0) is 44.0 Å². The molecule has 4 rings (SSSR count). The lowest BCUT2D eigenvalue weighted by Crippen LogP contribution is -2.43. The molecule has 0 saturated heterocycles. The van der Waals surface area contributed by atoms with Gasteiger partial charge in [-0.25, -0.2) is 27.5 Å². The van der Waals surface area contributed by atoms with E-state index in [0.29, 0.717) is 29.3 Å². The molecule has 0 spiro atoms. The predicted molar refractivity (Wildman–Crippen MR) is 132 cm³/mol. The number of halogens is 4. The first-order valence-electron chi connectivity index (χ1n) is 11.4. The summed E-state index contributed by atoms with van der Waals surface area (Å²) in [6.07, 6.45) is 3.71. The molecule has 1 aliphatic carbocycles. The first-order chi connectivity index (χ1) is 16.9. The van der Waals surface area contributed by atoms with E-state index in [0.717, 1.165) is 0 Å². The van der Waals surface area contributed by atoms with Crippen LogP contribution >= 0.6 is 11.8 Å². The Balaban J connectivity index is 1.50. The lowest BCUT2D eigenvalue weighted by atomic mass is 9.82. The van der Waals surface area contributed by atoms with Crippen LogP contribution in [0.25, 0.3) is 11.9 Å². The van der Waals surface area contributed by atoms with Crippen molar-refractivity contribution in [2.75, 3.05) is 20.3 Å². The summed E-state index contributed by atoms with van der Waals surface area (Å²) in [5.41, 5.74) is 5.78. The molecule has 0 bridgehead atoms. The standard InChI is InChI=1S/C25H28F4N4O2S/c1-23(14-34-3)13-24(2,33-22(30)36-23)17-6-15(4-5-18(17)26)7-19(27)20-10-32-21(11-31-20)35-12-16-8-25(28,29)9-16/h4-7,10-11,16H,8-9,12-14H2,1-3H3,(H2,30,33)/b19-7-/t23-,24+/m1/s1. The SMILES string of the molecule is COC[C@@]1(C)C[C@@](C)(c2cc(/C=C(\F)c3cnc(OCC4CC(F)(F)C4)cn3)ccc2F)N=C(N)S1. The molecule has 194 valence electrons. The number of methoxy groups -OCH3 is 1. The van der Waals surface area contributed by atoms with Crippen LogP contribution < -0.4 is 10.5 Å². The fourth-order valence-corrected chi connectivity index (χ4v) is 6.03. The van der Waals surface area contributed by atoms with Crippen molar-refractivity contribution >= 4 is 28.8 Å². The van der Waals surface area contributed by atoms with Crippen LogP contribution in [0.15, 0.2) is 35.6 Å². The fourth-order valence-electron chi connectivity index (χ4n) is 4.75. The number of hydrogen-bond acceptors (Lipinski definition) is 7. The first-order valence-corrected chi connectivity index (χ1v) is 12.3. The maximum absolute atomic E-state index is 14.9. The molecule has 0 radical (unpaired) electrons. The normalized spacial score (nSPS) is 26.3. The fraction of sp³-hybridized carbons (Fsp3) is 0.480. The van der Waals surface area contributed by atoms with Crippen molar-refractivity contribution in [3.05, 3.63) is 53.2 Å². The second-order valence-corrected chi connectivity index (χ2v) is 11.4. The van der Waals surface area contributed by atoms with Gasteiger partial charge >= 0.3 is 0 Å². The van der Waals surface area contributed by atoms with Crippen molar-refractivity contribution in [2.24, 2.45) is 16.6 Å². The number of nitrogens with two attached hydrogens (primary N) is 1. The van der Waals surface area contributed by atoms with E-state index in [-0.39, 0.29) is 36.9 Å². The Morgan fingerprint density at radius 2 is 1.97 bits per heavy atom. The van der Waals surface area contributed by atoms with E-state index in [1.165, 1.54) is 42.4 Å². The molecular weight excluding hydrogens is 496 g/mol. The maximum Gasteiger partial charge on any atom is 0.248 e. The number of rotatable bonds is 8. The first kappa shape index (κ1) is 26.4. The third-order valence-corrected chi connectivity index (χ3v) is 7.31. The van der Waals surface area contributed by atoms with Crippen LogP contribution in [0.2, 0.25) is 0 Å². The van der Waals surface area contributed by atoms with Crippen molar-refractivity contribution in [2.45, 2.75) is 49.3 Å². The number of aliphatic imine (C=N–C) groups is 1. The molecule has 6 nitrogen and oxygen atoms in total. The van der Waals surface area contributed by atoms with Crippen molar-refractivity contribution in [1.82, 2.24) is 9.97 Å². The molecule has 11 heteroatoms. The molecule has 0 unspecified atom stereocenters. The monoisotopic (exact) mass is 524 g/mol. The van der Waals surface area contributed by atoms with E-state index < -0.39 is 27.9 Å². The number of aromatic nitrogens is 2. The summed E-state index contributed by atoms with van der Waals surface area (Å²) in [4.78, 5) is 12.5. The average Bonchev–Trinajstić information content (AvgIpc) is 2.76. The number of benzene rings is 1. The highest BCUT2D eigenvalue weighted by Crippen LogP contribution is 2.46. The Labute approximate surface area is 211 Å². The van der Waals surface area contributed by atoms with E-state index >= 15 is 0 Å². The van der Waals surface area contributed by atoms with Gasteiger partial charge in [0.2, 0.25) is 11.8 Å². The summed E-state index contributed by atoms with van der Waals surface area (Å²) < 4.78 is 66.0. The van der Waals surface area contributed by atoms with Gasteiger partial charge in [0.05, 0.1) is 31.1 Å². The summed E-state index contributed by atoms with van der Waals surface area (Å²) in [5, 5.41) is 0.332. The van der Waals surface area contributed by atoms with Crippen molar-refractivity contribution < 1.29 is 27.0 Å². The van der Waals surface area contributed by atoms with Gasteiger partial charge in [-0.2, -0.15) is 0 Å². The van der Waals surface area contributed by atoms with E-state index in [4.69, 9.17) is 15.2 Å². The third kappa shape index (κ3) is 6.00. The highest BCUT2D eigenvalue weighted by atomic mass is 32.2. The van der Waals surface area contributed by atoms with Crippen LogP contribution in [0.4, 0.5) is 17.6 Å². The zero-order chi connectivity index (χ0) is 26.1. The lowest BCUT2D eigenvalue weighted by Gasteiger charge is -2.41. The van der Waals surface area contributed by atoms with Gasteiger partial charge in [-0.3, -0.25) is 4.99 Å². The number of thioether (sulfide) groups is 1. The highest BCUT2D eigenvalue weighted by molar-refractivity contribution is 8.15. The van der Waals surface area contributed by atoms with E-state index in [1.54, 1.807) is 20.1 Å². The minimum Gasteiger partial charge on any atom is -0.476 e. The molecule has 1 aromatic carbocycles. The van der Waals surface area contributed by atoms with Crippen LogP contribution in [-0.4, -0.2) is 46.1 Å². The van der Waals surface area contributed by atoms with Crippen LogP contribution in [0.5, 0.6) is 5.88 Å². The maximum atomic E-state index is 14.9. The molecule has 1 aromatic heterocycles. The molecule has 0 amide bonds. The minimum absolute atomic E-state index is 0.0429. The Hall–Kier alpha value is -2.66. The van der Waals surface area contributed by atoms with Gasteiger partial charge in [0.25, 0.3) is 0 Å². The topological polar surface area (TPSA) is 82.6 Å². The van der Waals surface area contributed by atoms with Crippen LogP contribution in [0.1, 0.15) is 49.9 Å². The predicted octanol–water partition coefficient (Wildman–Crippen LogP) is 5.58. The number of nitrogens with zero attached hydrogens (tertiary/aromatic N) is 3. The quantitative estimate of drug-likeness (QED) is 0.454. The van der Waals surface area contributed by atoms with Gasteiger partial charge < -0.3 is 15.2 Å².